The zero-order valence-corrected chi connectivity index (χ0v) is 8.76. The van der Waals surface area contributed by atoms with Crippen molar-refractivity contribution in [1.29, 1.82) is 0 Å². The highest BCUT2D eigenvalue weighted by molar-refractivity contribution is 9.10. The van der Waals surface area contributed by atoms with Gasteiger partial charge in [-0.3, -0.25) is 0 Å². The summed E-state index contributed by atoms with van der Waals surface area (Å²) in [6, 6.07) is 5.99. The van der Waals surface area contributed by atoms with Gasteiger partial charge in [-0.2, -0.15) is 0 Å². The SMILES string of the molecule is C/C=C/c1ccc(OC)c(Br)c1. The Morgan fingerprint density at radius 3 is 2.67 bits per heavy atom. The second kappa shape index (κ2) is 4.31. The van der Waals surface area contributed by atoms with Crippen molar-refractivity contribution in [3.8, 4) is 5.75 Å². The van der Waals surface area contributed by atoms with Gasteiger partial charge >= 0.3 is 0 Å². The molecule has 0 spiro atoms. The maximum absolute atomic E-state index is 5.11. The number of methoxy groups -OCH3 is 1. The Balaban J connectivity index is 3.01. The van der Waals surface area contributed by atoms with E-state index in [0.717, 1.165) is 10.2 Å². The maximum atomic E-state index is 5.11. The number of ether oxygens (including phenoxy) is 1. The van der Waals surface area contributed by atoms with E-state index in [0.29, 0.717) is 0 Å². The van der Waals surface area contributed by atoms with E-state index in [1.807, 2.05) is 37.3 Å². The van der Waals surface area contributed by atoms with Gasteiger partial charge in [0.05, 0.1) is 11.6 Å². The zero-order valence-electron chi connectivity index (χ0n) is 7.17. The van der Waals surface area contributed by atoms with Crippen LogP contribution in [0.15, 0.2) is 28.7 Å². The Labute approximate surface area is 81.2 Å². The summed E-state index contributed by atoms with van der Waals surface area (Å²) in [7, 11) is 1.66. The number of allylic oxidation sites excluding steroid dienone is 1. The van der Waals surface area contributed by atoms with Gasteiger partial charge in [-0.05, 0) is 40.5 Å². The number of rotatable bonds is 2. The van der Waals surface area contributed by atoms with Crippen molar-refractivity contribution in [2.24, 2.45) is 0 Å². The van der Waals surface area contributed by atoms with Crippen molar-refractivity contribution in [2.75, 3.05) is 7.11 Å². The molecule has 0 N–H and O–H groups in total. The highest BCUT2D eigenvalue weighted by Gasteiger charge is 1.97. The van der Waals surface area contributed by atoms with E-state index in [9.17, 15) is 0 Å². The molecule has 0 atom stereocenters. The van der Waals surface area contributed by atoms with Gasteiger partial charge in [0.1, 0.15) is 5.75 Å². The molecule has 1 rings (SSSR count). The van der Waals surface area contributed by atoms with Crippen molar-refractivity contribution in [3.05, 3.63) is 34.3 Å². The Morgan fingerprint density at radius 2 is 2.17 bits per heavy atom. The first-order valence-corrected chi connectivity index (χ1v) is 4.53. The lowest BCUT2D eigenvalue weighted by atomic mass is 10.2. The van der Waals surface area contributed by atoms with E-state index in [4.69, 9.17) is 4.74 Å². The Hall–Kier alpha value is -0.760. The molecule has 0 fully saturated rings. The molecule has 0 saturated carbocycles. The lowest BCUT2D eigenvalue weighted by Gasteiger charge is -2.02. The molecule has 64 valence electrons. The largest absolute Gasteiger partial charge is 0.496 e. The second-order valence-corrected chi connectivity index (χ2v) is 3.25. The Morgan fingerprint density at radius 1 is 1.42 bits per heavy atom. The number of hydrogen-bond acceptors (Lipinski definition) is 1. The molecule has 2 heteroatoms. The fraction of sp³-hybridized carbons (Fsp3) is 0.200. The molecule has 0 bridgehead atoms. The molecule has 0 unspecified atom stereocenters. The number of benzene rings is 1. The molecular weight excluding hydrogens is 216 g/mol. The minimum atomic E-state index is 0.864. The molecule has 0 aliphatic carbocycles. The van der Waals surface area contributed by atoms with Crippen LogP contribution in [0.2, 0.25) is 0 Å². The topological polar surface area (TPSA) is 9.23 Å². The molecule has 1 aromatic rings. The van der Waals surface area contributed by atoms with Crippen LogP contribution in [0.3, 0.4) is 0 Å². The van der Waals surface area contributed by atoms with Gasteiger partial charge in [-0.25, -0.2) is 0 Å². The number of halogens is 1. The summed E-state index contributed by atoms with van der Waals surface area (Å²) in [5.41, 5.74) is 1.17. The van der Waals surface area contributed by atoms with Crippen LogP contribution in [0.1, 0.15) is 12.5 Å². The third-order valence-corrected chi connectivity index (χ3v) is 2.15. The predicted octanol–water partition coefficient (Wildman–Crippen LogP) is 3.49. The lowest BCUT2D eigenvalue weighted by molar-refractivity contribution is 0.412. The first-order valence-electron chi connectivity index (χ1n) is 3.74. The van der Waals surface area contributed by atoms with Gasteiger partial charge in [0, 0.05) is 0 Å². The van der Waals surface area contributed by atoms with Gasteiger partial charge < -0.3 is 4.74 Å². The summed E-state index contributed by atoms with van der Waals surface area (Å²) < 4.78 is 6.09. The van der Waals surface area contributed by atoms with Gasteiger partial charge in [-0.1, -0.05) is 18.2 Å². The number of hydrogen-bond donors (Lipinski definition) is 0. The van der Waals surface area contributed by atoms with Crippen molar-refractivity contribution >= 4 is 22.0 Å². The summed E-state index contributed by atoms with van der Waals surface area (Å²) in [4.78, 5) is 0. The van der Waals surface area contributed by atoms with Gasteiger partial charge in [0.15, 0.2) is 0 Å². The van der Waals surface area contributed by atoms with Crippen LogP contribution in [-0.4, -0.2) is 7.11 Å². The van der Waals surface area contributed by atoms with Crippen LogP contribution in [0, 0.1) is 0 Å². The first kappa shape index (κ1) is 9.33. The van der Waals surface area contributed by atoms with Crippen molar-refractivity contribution < 1.29 is 4.74 Å². The fourth-order valence-corrected chi connectivity index (χ4v) is 1.54. The molecule has 0 aliphatic rings. The van der Waals surface area contributed by atoms with Crippen molar-refractivity contribution in [2.45, 2.75) is 6.92 Å². The summed E-state index contributed by atoms with van der Waals surface area (Å²) in [6.45, 7) is 2.00. The summed E-state index contributed by atoms with van der Waals surface area (Å²) in [5.74, 6) is 0.864. The van der Waals surface area contributed by atoms with Crippen LogP contribution >= 0.6 is 15.9 Å². The fourth-order valence-electron chi connectivity index (χ4n) is 0.979. The molecule has 0 heterocycles. The van der Waals surface area contributed by atoms with Crippen LogP contribution in [0.25, 0.3) is 6.08 Å². The minimum Gasteiger partial charge on any atom is -0.496 e. The first-order chi connectivity index (χ1) is 5.77. The summed E-state index contributed by atoms with van der Waals surface area (Å²) in [5, 5.41) is 0. The summed E-state index contributed by atoms with van der Waals surface area (Å²) in [6.07, 6.45) is 4.05. The zero-order chi connectivity index (χ0) is 8.97. The normalized spacial score (nSPS) is 10.6. The van der Waals surface area contributed by atoms with Crippen LogP contribution in [0.5, 0.6) is 5.75 Å². The Kier molecular flexibility index (Phi) is 3.35. The highest BCUT2D eigenvalue weighted by Crippen LogP contribution is 2.25. The van der Waals surface area contributed by atoms with Crippen LogP contribution in [0.4, 0.5) is 0 Å². The maximum Gasteiger partial charge on any atom is 0.133 e. The molecule has 1 aromatic carbocycles. The van der Waals surface area contributed by atoms with Gasteiger partial charge in [0.2, 0.25) is 0 Å². The second-order valence-electron chi connectivity index (χ2n) is 2.39. The molecule has 0 saturated heterocycles. The molecule has 0 radical (unpaired) electrons. The van der Waals surface area contributed by atoms with Crippen LogP contribution < -0.4 is 4.74 Å². The Bertz CT molecular complexity index is 292. The monoisotopic (exact) mass is 226 g/mol. The van der Waals surface area contributed by atoms with Crippen molar-refractivity contribution in [3.63, 3.8) is 0 Å². The molecular formula is C10H11BrO. The third-order valence-electron chi connectivity index (χ3n) is 1.53. The average Bonchev–Trinajstić information content (AvgIpc) is 2.05. The van der Waals surface area contributed by atoms with E-state index < -0.39 is 0 Å². The van der Waals surface area contributed by atoms with Gasteiger partial charge in [0.25, 0.3) is 0 Å². The minimum absolute atomic E-state index is 0.864. The lowest BCUT2D eigenvalue weighted by Crippen LogP contribution is -1.84. The predicted molar refractivity (Wildman–Crippen MR) is 55.4 cm³/mol. The average molecular weight is 227 g/mol. The molecule has 0 amide bonds. The molecule has 0 aliphatic heterocycles. The van der Waals surface area contributed by atoms with E-state index in [1.165, 1.54) is 5.56 Å². The van der Waals surface area contributed by atoms with Gasteiger partial charge in [-0.15, -0.1) is 0 Å². The van der Waals surface area contributed by atoms with Crippen molar-refractivity contribution in [1.82, 2.24) is 0 Å². The van der Waals surface area contributed by atoms with E-state index in [1.54, 1.807) is 7.11 Å². The standard InChI is InChI=1S/C10H11BrO/c1-3-4-8-5-6-10(12-2)9(11)7-8/h3-7H,1-2H3/b4-3+. The van der Waals surface area contributed by atoms with Crippen LogP contribution in [-0.2, 0) is 0 Å². The molecule has 12 heavy (non-hydrogen) atoms. The van der Waals surface area contributed by atoms with E-state index in [-0.39, 0.29) is 0 Å². The summed E-state index contributed by atoms with van der Waals surface area (Å²) >= 11 is 3.42. The smallest absolute Gasteiger partial charge is 0.133 e. The molecule has 0 aromatic heterocycles. The quantitative estimate of drug-likeness (QED) is 0.751. The van der Waals surface area contributed by atoms with E-state index in [2.05, 4.69) is 15.9 Å². The van der Waals surface area contributed by atoms with E-state index >= 15 is 0 Å². The highest BCUT2D eigenvalue weighted by atomic mass is 79.9. The third kappa shape index (κ3) is 2.11. The molecule has 1 nitrogen and oxygen atoms in total.